The van der Waals surface area contributed by atoms with Crippen LogP contribution in [0.1, 0.15) is 39.2 Å². The molecule has 8 heteroatoms. The van der Waals surface area contributed by atoms with E-state index in [1.807, 2.05) is 0 Å². The number of esters is 1. The number of carbonyl (C=O) groups is 2. The molecule has 1 aromatic carbocycles. The zero-order valence-electron chi connectivity index (χ0n) is 13.8. The van der Waals surface area contributed by atoms with E-state index in [2.05, 4.69) is 5.32 Å². The highest BCUT2D eigenvalue weighted by molar-refractivity contribution is 6.42. The number of amides is 1. The molecule has 0 heterocycles. The molecule has 0 aliphatic carbocycles. The van der Waals surface area contributed by atoms with Crippen molar-refractivity contribution in [2.75, 3.05) is 0 Å². The molecule has 24 heavy (non-hydrogen) atoms. The summed E-state index contributed by atoms with van der Waals surface area (Å²) in [5.74, 6) is -1.61. The van der Waals surface area contributed by atoms with Gasteiger partial charge < -0.3 is 15.8 Å². The summed E-state index contributed by atoms with van der Waals surface area (Å²) < 4.78 is 19.0. The van der Waals surface area contributed by atoms with E-state index >= 15 is 0 Å². The molecule has 134 valence electrons. The van der Waals surface area contributed by atoms with Crippen molar-refractivity contribution < 1.29 is 18.7 Å². The molecule has 0 saturated heterocycles. The maximum atomic E-state index is 13.9. The van der Waals surface area contributed by atoms with Gasteiger partial charge in [0.2, 0.25) is 5.91 Å². The Morgan fingerprint density at radius 2 is 1.96 bits per heavy atom. The molecule has 0 aromatic heterocycles. The third-order valence-corrected chi connectivity index (χ3v) is 3.77. The standard InChI is InChI=1S/C16H21Cl2FN2O3/c1-16(2,3)24-12(22)7-6-11(20)15(23)21-8-9-4-5-10(17)13(18)14(9)19/h4-5,11H,6-8,20H2,1-3H3,(H,21,23)/t11-/m1/s1. The number of carbonyl (C=O) groups excluding carboxylic acids is 2. The first-order chi connectivity index (χ1) is 11.0. The number of nitrogens with two attached hydrogens (primary N) is 1. The summed E-state index contributed by atoms with van der Waals surface area (Å²) in [7, 11) is 0. The van der Waals surface area contributed by atoms with Crippen LogP contribution >= 0.6 is 23.2 Å². The predicted octanol–water partition coefficient (Wildman–Crippen LogP) is 3.20. The second kappa shape index (κ2) is 8.65. The molecular formula is C16H21Cl2FN2O3. The van der Waals surface area contributed by atoms with Gasteiger partial charge in [-0.3, -0.25) is 9.59 Å². The molecule has 5 nitrogen and oxygen atoms in total. The van der Waals surface area contributed by atoms with Crippen LogP contribution in [-0.4, -0.2) is 23.5 Å². The van der Waals surface area contributed by atoms with E-state index in [1.165, 1.54) is 12.1 Å². The van der Waals surface area contributed by atoms with Crippen molar-refractivity contribution >= 4 is 35.1 Å². The number of halogens is 3. The molecule has 1 atom stereocenters. The van der Waals surface area contributed by atoms with Crippen molar-refractivity contribution in [3.05, 3.63) is 33.6 Å². The van der Waals surface area contributed by atoms with Gasteiger partial charge in [0.15, 0.2) is 0 Å². The van der Waals surface area contributed by atoms with Gasteiger partial charge >= 0.3 is 5.97 Å². The zero-order chi connectivity index (χ0) is 18.5. The van der Waals surface area contributed by atoms with Gasteiger partial charge in [0.05, 0.1) is 16.1 Å². The van der Waals surface area contributed by atoms with Gasteiger partial charge in [0.25, 0.3) is 0 Å². The SMILES string of the molecule is CC(C)(C)OC(=O)CC[C@@H](N)C(=O)NCc1ccc(Cl)c(Cl)c1F. The minimum atomic E-state index is -0.900. The highest BCUT2D eigenvalue weighted by Crippen LogP contribution is 2.27. The molecular weight excluding hydrogens is 358 g/mol. The van der Waals surface area contributed by atoms with Crippen LogP contribution in [0.25, 0.3) is 0 Å². The minimum absolute atomic E-state index is 0.0208. The average molecular weight is 379 g/mol. The normalized spacial score (nSPS) is 12.6. The van der Waals surface area contributed by atoms with Gasteiger partial charge in [0, 0.05) is 18.5 Å². The quantitative estimate of drug-likeness (QED) is 0.588. The van der Waals surface area contributed by atoms with Crippen molar-refractivity contribution in [2.45, 2.75) is 51.8 Å². The number of nitrogens with one attached hydrogen (secondary N) is 1. The maximum absolute atomic E-state index is 13.9. The highest BCUT2D eigenvalue weighted by atomic mass is 35.5. The van der Waals surface area contributed by atoms with Crippen molar-refractivity contribution in [1.82, 2.24) is 5.32 Å². The van der Waals surface area contributed by atoms with Crippen LogP contribution in [0, 0.1) is 5.82 Å². The fourth-order valence-electron chi connectivity index (χ4n) is 1.81. The topological polar surface area (TPSA) is 81.4 Å². The Morgan fingerprint density at radius 1 is 1.33 bits per heavy atom. The van der Waals surface area contributed by atoms with Crippen LogP contribution < -0.4 is 11.1 Å². The Balaban J connectivity index is 2.48. The number of benzene rings is 1. The lowest BCUT2D eigenvalue weighted by molar-refractivity contribution is -0.155. The van der Waals surface area contributed by atoms with Crippen molar-refractivity contribution in [1.29, 1.82) is 0 Å². The summed E-state index contributed by atoms with van der Waals surface area (Å²) >= 11 is 11.4. The maximum Gasteiger partial charge on any atom is 0.306 e. The van der Waals surface area contributed by atoms with Crippen LogP contribution in [0.15, 0.2) is 12.1 Å². The van der Waals surface area contributed by atoms with Gasteiger partial charge in [-0.25, -0.2) is 4.39 Å². The van der Waals surface area contributed by atoms with Crippen LogP contribution in [0.3, 0.4) is 0 Å². The van der Waals surface area contributed by atoms with Crippen molar-refractivity contribution in [2.24, 2.45) is 5.73 Å². The van der Waals surface area contributed by atoms with E-state index in [0.717, 1.165) is 0 Å². The summed E-state index contributed by atoms with van der Waals surface area (Å²) in [4.78, 5) is 23.5. The van der Waals surface area contributed by atoms with Gasteiger partial charge in [-0.15, -0.1) is 0 Å². The van der Waals surface area contributed by atoms with Crippen LogP contribution in [0.4, 0.5) is 4.39 Å². The largest absolute Gasteiger partial charge is 0.460 e. The summed E-state index contributed by atoms with van der Waals surface area (Å²) in [6.07, 6.45) is 0.150. The minimum Gasteiger partial charge on any atom is -0.460 e. The number of ether oxygens (including phenoxy) is 1. The van der Waals surface area contributed by atoms with E-state index in [4.69, 9.17) is 33.7 Å². The second-order valence-electron chi connectivity index (χ2n) is 6.28. The van der Waals surface area contributed by atoms with Crippen LogP contribution in [-0.2, 0) is 20.9 Å². The van der Waals surface area contributed by atoms with Crippen LogP contribution in [0.2, 0.25) is 10.0 Å². The van der Waals surface area contributed by atoms with Gasteiger partial charge in [-0.2, -0.15) is 0 Å². The summed E-state index contributed by atoms with van der Waals surface area (Å²) in [5, 5.41) is 2.40. The first-order valence-corrected chi connectivity index (χ1v) is 8.14. The molecule has 1 aromatic rings. The molecule has 0 bridgehead atoms. The smallest absolute Gasteiger partial charge is 0.306 e. The first kappa shape index (κ1) is 20.7. The van der Waals surface area contributed by atoms with Crippen molar-refractivity contribution in [3.63, 3.8) is 0 Å². The molecule has 0 fully saturated rings. The lowest BCUT2D eigenvalue weighted by Crippen LogP contribution is -2.40. The Labute approximate surface area is 150 Å². The highest BCUT2D eigenvalue weighted by Gasteiger charge is 2.20. The first-order valence-electron chi connectivity index (χ1n) is 7.39. The van der Waals surface area contributed by atoms with Crippen molar-refractivity contribution in [3.8, 4) is 0 Å². The number of hydrogen-bond acceptors (Lipinski definition) is 4. The molecule has 0 aliphatic rings. The van der Waals surface area contributed by atoms with Crippen LogP contribution in [0.5, 0.6) is 0 Å². The van der Waals surface area contributed by atoms with E-state index in [0.29, 0.717) is 0 Å². The molecule has 0 aliphatic heterocycles. The zero-order valence-corrected chi connectivity index (χ0v) is 15.3. The van der Waals surface area contributed by atoms with E-state index in [1.54, 1.807) is 20.8 Å². The Hall–Kier alpha value is -1.37. The van der Waals surface area contributed by atoms with Gasteiger partial charge in [0.1, 0.15) is 11.4 Å². The van der Waals surface area contributed by atoms with E-state index in [9.17, 15) is 14.0 Å². The fraction of sp³-hybridized carbons (Fsp3) is 0.500. The summed E-state index contributed by atoms with van der Waals surface area (Å²) in [6.45, 7) is 5.18. The molecule has 1 amide bonds. The molecule has 3 N–H and O–H groups in total. The van der Waals surface area contributed by atoms with E-state index in [-0.39, 0.29) is 35.0 Å². The Bertz CT molecular complexity index is 618. The van der Waals surface area contributed by atoms with E-state index < -0.39 is 29.3 Å². The monoisotopic (exact) mass is 378 g/mol. The molecule has 0 unspecified atom stereocenters. The number of rotatable bonds is 6. The fourth-order valence-corrected chi connectivity index (χ4v) is 2.14. The van der Waals surface area contributed by atoms with Gasteiger partial charge in [-0.1, -0.05) is 29.3 Å². The lowest BCUT2D eigenvalue weighted by Gasteiger charge is -2.20. The lowest BCUT2D eigenvalue weighted by atomic mass is 10.1. The predicted molar refractivity (Wildman–Crippen MR) is 91.3 cm³/mol. The summed E-state index contributed by atoms with van der Waals surface area (Å²) in [6, 6.07) is 1.97. The van der Waals surface area contributed by atoms with Gasteiger partial charge in [-0.05, 0) is 33.3 Å². The molecule has 0 spiro atoms. The third-order valence-electron chi connectivity index (χ3n) is 2.98. The summed E-state index contributed by atoms with van der Waals surface area (Å²) in [5.41, 5.74) is 5.33. The Kier molecular flexibility index (Phi) is 7.45. The molecule has 1 rings (SSSR count). The third kappa shape index (κ3) is 6.63. The molecule has 0 radical (unpaired) electrons. The molecule has 0 saturated carbocycles. The average Bonchev–Trinajstić information content (AvgIpc) is 2.47. The number of hydrogen-bond donors (Lipinski definition) is 2. The Morgan fingerprint density at radius 3 is 2.54 bits per heavy atom. The second-order valence-corrected chi connectivity index (χ2v) is 7.07.